The lowest BCUT2D eigenvalue weighted by Crippen LogP contribution is -2.22. The van der Waals surface area contributed by atoms with E-state index in [-0.39, 0.29) is 24.2 Å². The zero-order valence-corrected chi connectivity index (χ0v) is 26.5. The Kier molecular flexibility index (Phi) is 12.4. The van der Waals surface area contributed by atoms with Crippen LogP contribution >= 0.6 is 11.3 Å². The monoisotopic (exact) mass is 625 g/mol. The van der Waals surface area contributed by atoms with Crippen LogP contribution < -0.4 is 20.1 Å². The first-order valence-corrected chi connectivity index (χ1v) is 15.5. The second kappa shape index (κ2) is 16.4. The zero-order valence-electron chi connectivity index (χ0n) is 25.7. The highest BCUT2D eigenvalue weighted by Gasteiger charge is 2.32. The van der Waals surface area contributed by atoms with Crippen LogP contribution in [0.5, 0.6) is 11.5 Å². The topological polar surface area (TPSA) is 100 Å². The van der Waals surface area contributed by atoms with Crippen LogP contribution in [0.25, 0.3) is 0 Å². The van der Waals surface area contributed by atoms with Crippen LogP contribution in [0.2, 0.25) is 0 Å². The third-order valence-electron chi connectivity index (χ3n) is 6.82. The lowest BCUT2D eigenvalue weighted by atomic mass is 10.1. The summed E-state index contributed by atoms with van der Waals surface area (Å²) in [5.74, 6) is 5.49. The van der Waals surface area contributed by atoms with Gasteiger partial charge in [0, 0.05) is 23.5 Å². The van der Waals surface area contributed by atoms with E-state index >= 15 is 0 Å². The van der Waals surface area contributed by atoms with Crippen LogP contribution in [0.15, 0.2) is 42.5 Å². The largest absolute Gasteiger partial charge is 0.497 e. The Morgan fingerprint density at radius 1 is 1.16 bits per heavy atom. The van der Waals surface area contributed by atoms with E-state index < -0.39 is 17.6 Å². The molecule has 0 radical (unpaired) electrons. The first kappa shape index (κ1) is 33.2. The van der Waals surface area contributed by atoms with E-state index in [1.807, 2.05) is 38.1 Å². The lowest BCUT2D eigenvalue weighted by molar-refractivity contribution is -0.138. The van der Waals surface area contributed by atoms with E-state index in [1.54, 1.807) is 19.2 Å². The molecule has 1 saturated heterocycles. The molecule has 2 heterocycles. The molecule has 1 aromatic heterocycles. The lowest BCUT2D eigenvalue weighted by Gasteiger charge is -2.17. The molecular formula is C33H40FN3O6S. The van der Waals surface area contributed by atoms with Crippen LogP contribution in [0.4, 0.5) is 9.52 Å². The first-order valence-electron chi connectivity index (χ1n) is 14.6. The van der Waals surface area contributed by atoms with Gasteiger partial charge in [-0.05, 0) is 75.4 Å². The fourth-order valence-electron chi connectivity index (χ4n) is 4.53. The molecule has 1 atom stereocenters. The molecule has 2 aromatic carbocycles. The number of aromatic nitrogens is 1. The number of ether oxygens (including phenoxy) is 5. The number of methoxy groups -OCH3 is 2. The maximum absolute atomic E-state index is 14.7. The highest BCUT2D eigenvalue weighted by atomic mass is 32.1. The Labute approximate surface area is 262 Å². The number of benzene rings is 2. The van der Waals surface area contributed by atoms with Crippen LogP contribution in [-0.2, 0) is 27.1 Å². The number of carbonyl (C=O) groups excluding carboxylic acids is 1. The van der Waals surface area contributed by atoms with Crippen molar-refractivity contribution >= 4 is 22.4 Å². The van der Waals surface area contributed by atoms with Gasteiger partial charge in [-0.15, -0.1) is 11.3 Å². The highest BCUT2D eigenvalue weighted by molar-refractivity contribution is 7.15. The molecule has 3 aromatic rings. The van der Waals surface area contributed by atoms with Gasteiger partial charge in [0.25, 0.3) is 0 Å². The summed E-state index contributed by atoms with van der Waals surface area (Å²) < 4.78 is 41.9. The molecule has 0 amide bonds. The van der Waals surface area contributed by atoms with E-state index in [9.17, 15) is 9.18 Å². The number of carbonyl (C=O) groups is 1. The number of anilines is 1. The SMILES string of the molecule is COC(=O)c1nc(NCCC2COC(C)(C)O2)sc1CCCOc1ccc(C#CCNCCc2ccc(OC)cc2)cc1F. The molecule has 1 unspecified atom stereocenters. The summed E-state index contributed by atoms with van der Waals surface area (Å²) >= 11 is 1.40. The second-order valence-corrected chi connectivity index (χ2v) is 11.7. The van der Waals surface area contributed by atoms with Gasteiger partial charge in [0.15, 0.2) is 28.2 Å². The molecule has 0 aliphatic carbocycles. The van der Waals surface area contributed by atoms with Gasteiger partial charge in [-0.1, -0.05) is 24.0 Å². The predicted octanol–water partition coefficient (Wildman–Crippen LogP) is 5.23. The minimum absolute atomic E-state index is 0.00830. The molecule has 11 heteroatoms. The Balaban J connectivity index is 1.18. The predicted molar refractivity (Wildman–Crippen MR) is 168 cm³/mol. The summed E-state index contributed by atoms with van der Waals surface area (Å²) in [7, 11) is 2.98. The van der Waals surface area contributed by atoms with E-state index in [1.165, 1.54) is 30.1 Å². The number of nitrogens with one attached hydrogen (secondary N) is 2. The van der Waals surface area contributed by atoms with Crippen molar-refractivity contribution in [3.05, 3.63) is 70.0 Å². The number of aryl methyl sites for hydroxylation is 1. The summed E-state index contributed by atoms with van der Waals surface area (Å²) in [5, 5.41) is 7.18. The van der Waals surface area contributed by atoms with Crippen molar-refractivity contribution in [2.45, 2.75) is 51.4 Å². The van der Waals surface area contributed by atoms with Crippen molar-refractivity contribution in [2.24, 2.45) is 0 Å². The van der Waals surface area contributed by atoms with Gasteiger partial charge in [0.1, 0.15) is 5.75 Å². The molecule has 1 aliphatic heterocycles. The molecule has 9 nitrogen and oxygen atoms in total. The minimum atomic E-state index is -0.560. The van der Waals surface area contributed by atoms with E-state index in [2.05, 4.69) is 27.5 Å². The normalized spacial score (nSPS) is 15.3. The fourth-order valence-corrected chi connectivity index (χ4v) is 5.55. The molecular weight excluding hydrogens is 585 g/mol. The first-order chi connectivity index (χ1) is 21.3. The van der Waals surface area contributed by atoms with Gasteiger partial charge in [0.2, 0.25) is 0 Å². The van der Waals surface area contributed by atoms with Gasteiger partial charge in [-0.2, -0.15) is 0 Å². The average Bonchev–Trinajstić information content (AvgIpc) is 3.59. The number of nitrogens with zero attached hydrogens (tertiary/aromatic N) is 1. The molecule has 0 saturated carbocycles. The van der Waals surface area contributed by atoms with Crippen molar-refractivity contribution in [1.29, 1.82) is 0 Å². The average molecular weight is 626 g/mol. The van der Waals surface area contributed by atoms with Gasteiger partial charge in [-0.25, -0.2) is 14.2 Å². The molecule has 44 heavy (non-hydrogen) atoms. The third-order valence-corrected chi connectivity index (χ3v) is 7.89. The third kappa shape index (κ3) is 10.2. The molecule has 236 valence electrons. The Bertz CT molecular complexity index is 1430. The van der Waals surface area contributed by atoms with Crippen LogP contribution in [0, 0.1) is 17.7 Å². The Morgan fingerprint density at radius 2 is 1.98 bits per heavy atom. The molecule has 1 aliphatic rings. The van der Waals surface area contributed by atoms with Crippen molar-refractivity contribution in [1.82, 2.24) is 10.3 Å². The Hall–Kier alpha value is -3.69. The maximum atomic E-state index is 14.7. The molecule has 1 fully saturated rings. The molecule has 0 bridgehead atoms. The molecule has 2 N–H and O–H groups in total. The van der Waals surface area contributed by atoms with Gasteiger partial charge >= 0.3 is 5.97 Å². The van der Waals surface area contributed by atoms with Crippen molar-refractivity contribution in [3.8, 4) is 23.3 Å². The summed E-state index contributed by atoms with van der Waals surface area (Å²) in [5.41, 5.74) is 2.07. The van der Waals surface area contributed by atoms with Crippen LogP contribution in [0.1, 0.15) is 53.2 Å². The number of esters is 1. The van der Waals surface area contributed by atoms with Crippen LogP contribution in [0.3, 0.4) is 0 Å². The van der Waals surface area contributed by atoms with Crippen molar-refractivity contribution in [2.75, 3.05) is 52.4 Å². The second-order valence-electron chi connectivity index (χ2n) is 10.6. The molecule has 4 rings (SSSR count). The number of thiazole rings is 1. The smallest absolute Gasteiger partial charge is 0.357 e. The van der Waals surface area contributed by atoms with E-state index in [0.717, 1.165) is 30.0 Å². The number of hydrogen-bond acceptors (Lipinski definition) is 10. The number of halogens is 1. The van der Waals surface area contributed by atoms with Crippen LogP contribution in [-0.4, -0.2) is 69.9 Å². The summed E-state index contributed by atoms with van der Waals surface area (Å²) in [4.78, 5) is 17.5. The van der Waals surface area contributed by atoms with Gasteiger partial charge in [0.05, 0.1) is 40.1 Å². The summed E-state index contributed by atoms with van der Waals surface area (Å²) in [6, 6.07) is 12.7. The summed E-state index contributed by atoms with van der Waals surface area (Å²) in [6.45, 7) is 6.52. The summed E-state index contributed by atoms with van der Waals surface area (Å²) in [6.07, 6.45) is 2.74. The van der Waals surface area contributed by atoms with Gasteiger partial charge in [-0.3, -0.25) is 0 Å². The maximum Gasteiger partial charge on any atom is 0.357 e. The van der Waals surface area contributed by atoms with Crippen molar-refractivity contribution < 1.29 is 32.9 Å². The quantitative estimate of drug-likeness (QED) is 0.134. The Morgan fingerprint density at radius 3 is 2.68 bits per heavy atom. The standard InChI is InChI=1S/C33H40FN3O6S/c1-33(2)42-22-26(43-33)16-19-36-32-37-30(31(38)40-4)29(44-32)8-6-20-41-28-14-11-24(21-27(28)34)7-5-17-35-18-15-23-9-12-25(39-3)13-10-23/h9-14,21,26,35H,6,8,15-20,22H2,1-4H3,(H,36,37). The fraction of sp³-hybridized carbons (Fsp3) is 0.455. The minimum Gasteiger partial charge on any atom is -0.497 e. The van der Waals surface area contributed by atoms with Gasteiger partial charge < -0.3 is 34.3 Å². The van der Waals surface area contributed by atoms with Crippen molar-refractivity contribution in [3.63, 3.8) is 0 Å². The number of hydrogen-bond donors (Lipinski definition) is 2. The zero-order chi connectivity index (χ0) is 31.4. The highest BCUT2D eigenvalue weighted by Crippen LogP contribution is 2.27. The molecule has 0 spiro atoms. The number of rotatable bonds is 15. The van der Waals surface area contributed by atoms with E-state index in [0.29, 0.717) is 43.2 Å². The van der Waals surface area contributed by atoms with E-state index in [4.69, 9.17) is 23.7 Å².